The Balaban J connectivity index is 1.60. The van der Waals surface area contributed by atoms with E-state index in [0.717, 1.165) is 38.8 Å². The fraction of sp³-hybridized carbons (Fsp3) is 0.500. The lowest BCUT2D eigenvalue weighted by molar-refractivity contribution is -0.129. The molecule has 0 unspecified atom stereocenters. The fourth-order valence-electron chi connectivity index (χ4n) is 3.25. The summed E-state index contributed by atoms with van der Waals surface area (Å²) in [6, 6.07) is 6.94. The smallest absolute Gasteiger partial charge is 0.235 e. The number of carbonyl (C=O) groups is 1. The summed E-state index contributed by atoms with van der Waals surface area (Å²) < 4.78 is 16.2. The minimum absolute atomic E-state index is 0.153. The van der Waals surface area contributed by atoms with Crippen LogP contribution >= 0.6 is 11.8 Å². The van der Waals surface area contributed by atoms with Crippen molar-refractivity contribution < 1.29 is 9.18 Å². The van der Waals surface area contributed by atoms with Crippen LogP contribution in [0.1, 0.15) is 38.6 Å². The van der Waals surface area contributed by atoms with Gasteiger partial charge in [0.25, 0.3) is 0 Å². The predicted molar refractivity (Wildman–Crippen MR) is 94.8 cm³/mol. The summed E-state index contributed by atoms with van der Waals surface area (Å²) in [5, 5.41) is 9.02. The van der Waals surface area contributed by atoms with Crippen molar-refractivity contribution in [1.82, 2.24) is 19.7 Å². The summed E-state index contributed by atoms with van der Waals surface area (Å²) >= 11 is 1.43. The number of amides is 1. The maximum Gasteiger partial charge on any atom is 0.235 e. The van der Waals surface area contributed by atoms with Gasteiger partial charge in [0.1, 0.15) is 5.82 Å². The van der Waals surface area contributed by atoms with Gasteiger partial charge < -0.3 is 4.90 Å². The number of nitrogens with zero attached hydrogens (tertiary/aromatic N) is 4. The Morgan fingerprint density at radius 2 is 1.96 bits per heavy atom. The summed E-state index contributed by atoms with van der Waals surface area (Å²) in [5.41, 5.74) is 0.465. The van der Waals surface area contributed by atoms with Gasteiger partial charge in [-0.2, -0.15) is 0 Å². The van der Waals surface area contributed by atoms with Crippen LogP contribution in [0.25, 0.3) is 11.4 Å². The van der Waals surface area contributed by atoms with Crippen molar-refractivity contribution in [1.29, 1.82) is 0 Å². The first-order valence-electron chi connectivity index (χ1n) is 8.80. The minimum atomic E-state index is -0.297. The number of halogens is 1. The second kappa shape index (κ2) is 6.78. The number of hydrogen-bond acceptors (Lipinski definition) is 4. The van der Waals surface area contributed by atoms with Crippen LogP contribution in [0.5, 0.6) is 0 Å². The first kappa shape index (κ1) is 16.6. The Morgan fingerprint density at radius 1 is 1.24 bits per heavy atom. The van der Waals surface area contributed by atoms with Crippen molar-refractivity contribution in [3.05, 3.63) is 30.1 Å². The highest BCUT2D eigenvalue weighted by atomic mass is 32.2. The van der Waals surface area contributed by atoms with Gasteiger partial charge in [0.15, 0.2) is 11.0 Å². The van der Waals surface area contributed by atoms with Crippen molar-refractivity contribution in [3.63, 3.8) is 0 Å². The molecule has 1 saturated carbocycles. The molecular weight excluding hydrogens is 339 g/mol. The summed E-state index contributed by atoms with van der Waals surface area (Å²) in [6.07, 6.45) is 4.25. The zero-order valence-corrected chi connectivity index (χ0v) is 15.0. The number of hydrogen-bond donors (Lipinski definition) is 0. The molecule has 4 rings (SSSR count). The average Bonchev–Trinajstić information content (AvgIpc) is 3.14. The predicted octanol–water partition coefficient (Wildman–Crippen LogP) is 3.52. The molecule has 2 heterocycles. The van der Waals surface area contributed by atoms with Crippen LogP contribution in [0.4, 0.5) is 4.39 Å². The second-order valence-electron chi connectivity index (χ2n) is 6.68. The van der Waals surface area contributed by atoms with Gasteiger partial charge in [-0.15, -0.1) is 10.2 Å². The molecule has 1 aliphatic carbocycles. The Kier molecular flexibility index (Phi) is 4.50. The summed E-state index contributed by atoms with van der Waals surface area (Å²) in [6.45, 7) is 3.61. The SMILES string of the molecule is C[C@@H](Sc1nnc(-c2ccccc2F)n1C1CC1)C(=O)N1CCCC1. The van der Waals surface area contributed by atoms with Gasteiger partial charge in [-0.05, 0) is 44.7 Å². The Bertz CT molecular complexity index is 783. The quantitative estimate of drug-likeness (QED) is 0.766. The molecule has 1 aliphatic heterocycles. The molecule has 5 nitrogen and oxygen atoms in total. The second-order valence-corrected chi connectivity index (χ2v) is 7.99. The molecule has 1 aromatic heterocycles. The van der Waals surface area contributed by atoms with E-state index < -0.39 is 0 Å². The molecule has 1 atom stereocenters. The van der Waals surface area contributed by atoms with Crippen molar-refractivity contribution in [3.8, 4) is 11.4 Å². The third kappa shape index (κ3) is 3.29. The zero-order chi connectivity index (χ0) is 17.4. The summed E-state index contributed by atoms with van der Waals surface area (Å²) in [4.78, 5) is 14.5. The molecule has 2 fully saturated rings. The molecule has 1 saturated heterocycles. The lowest BCUT2D eigenvalue weighted by Crippen LogP contribution is -2.34. The molecule has 25 heavy (non-hydrogen) atoms. The Labute approximate surface area is 150 Å². The topological polar surface area (TPSA) is 51.0 Å². The van der Waals surface area contributed by atoms with Gasteiger partial charge in [0, 0.05) is 19.1 Å². The molecule has 132 valence electrons. The molecule has 0 spiro atoms. The molecule has 0 radical (unpaired) electrons. The van der Waals surface area contributed by atoms with Crippen LogP contribution in [0.2, 0.25) is 0 Å². The monoisotopic (exact) mass is 360 g/mol. The standard InChI is InChI=1S/C18H21FN4OS/c1-12(17(24)22-10-4-5-11-22)25-18-21-20-16(23(18)13-8-9-13)14-6-2-3-7-15(14)19/h2-3,6-7,12-13H,4-5,8-11H2,1H3/t12-/m1/s1. The number of benzene rings is 1. The zero-order valence-electron chi connectivity index (χ0n) is 14.2. The molecule has 1 amide bonds. The van der Waals surface area contributed by atoms with E-state index in [1.54, 1.807) is 18.2 Å². The highest BCUT2D eigenvalue weighted by molar-refractivity contribution is 8.00. The molecule has 2 aromatic rings. The van der Waals surface area contributed by atoms with E-state index in [4.69, 9.17) is 0 Å². The van der Waals surface area contributed by atoms with Gasteiger partial charge in [0.2, 0.25) is 5.91 Å². The number of likely N-dealkylation sites (tertiary alicyclic amines) is 1. The van der Waals surface area contributed by atoms with Crippen molar-refractivity contribution in [2.24, 2.45) is 0 Å². The van der Waals surface area contributed by atoms with E-state index in [1.165, 1.54) is 17.8 Å². The molecule has 0 N–H and O–H groups in total. The van der Waals surface area contributed by atoms with Crippen molar-refractivity contribution >= 4 is 17.7 Å². The van der Waals surface area contributed by atoms with E-state index in [1.807, 2.05) is 16.4 Å². The first-order chi connectivity index (χ1) is 12.1. The van der Waals surface area contributed by atoms with E-state index in [0.29, 0.717) is 22.6 Å². The van der Waals surface area contributed by atoms with Crippen LogP contribution in [0.15, 0.2) is 29.4 Å². The number of thioether (sulfide) groups is 1. The molecule has 2 aliphatic rings. The minimum Gasteiger partial charge on any atom is -0.342 e. The average molecular weight is 360 g/mol. The van der Waals surface area contributed by atoms with Crippen LogP contribution in [0.3, 0.4) is 0 Å². The van der Waals surface area contributed by atoms with Crippen LogP contribution in [0, 0.1) is 5.82 Å². The van der Waals surface area contributed by atoms with Gasteiger partial charge in [-0.3, -0.25) is 9.36 Å². The van der Waals surface area contributed by atoms with Gasteiger partial charge in [-0.25, -0.2) is 4.39 Å². The van der Waals surface area contributed by atoms with Crippen LogP contribution in [-0.4, -0.2) is 43.9 Å². The first-order valence-corrected chi connectivity index (χ1v) is 9.68. The van der Waals surface area contributed by atoms with E-state index >= 15 is 0 Å². The largest absolute Gasteiger partial charge is 0.342 e. The van der Waals surface area contributed by atoms with Crippen LogP contribution in [-0.2, 0) is 4.79 Å². The number of aromatic nitrogens is 3. The van der Waals surface area contributed by atoms with Crippen LogP contribution < -0.4 is 0 Å². The summed E-state index contributed by atoms with van der Waals surface area (Å²) in [5.74, 6) is 0.416. The van der Waals surface area contributed by atoms with E-state index in [-0.39, 0.29) is 17.0 Å². The molecule has 0 bridgehead atoms. The summed E-state index contributed by atoms with van der Waals surface area (Å²) in [7, 11) is 0. The van der Waals surface area contributed by atoms with Crippen molar-refractivity contribution in [2.75, 3.05) is 13.1 Å². The maximum absolute atomic E-state index is 14.2. The van der Waals surface area contributed by atoms with Gasteiger partial charge >= 0.3 is 0 Å². The molecule has 7 heteroatoms. The molecular formula is C18H21FN4OS. The highest BCUT2D eigenvalue weighted by Gasteiger charge is 2.33. The third-order valence-corrected chi connectivity index (χ3v) is 5.78. The Morgan fingerprint density at radius 3 is 2.64 bits per heavy atom. The lowest BCUT2D eigenvalue weighted by Gasteiger charge is -2.20. The lowest BCUT2D eigenvalue weighted by atomic mass is 10.2. The maximum atomic E-state index is 14.2. The van der Waals surface area contributed by atoms with Crippen molar-refractivity contribution in [2.45, 2.75) is 49.1 Å². The number of carbonyl (C=O) groups excluding carboxylic acids is 1. The van der Waals surface area contributed by atoms with Gasteiger partial charge in [-0.1, -0.05) is 23.9 Å². The molecule has 1 aromatic carbocycles. The highest BCUT2D eigenvalue weighted by Crippen LogP contribution is 2.42. The third-order valence-electron chi connectivity index (χ3n) is 4.74. The fourth-order valence-corrected chi connectivity index (χ4v) is 4.25. The number of rotatable bonds is 5. The Hall–Kier alpha value is -1.89. The van der Waals surface area contributed by atoms with Gasteiger partial charge in [0.05, 0.1) is 10.8 Å². The van der Waals surface area contributed by atoms with E-state index in [2.05, 4.69) is 10.2 Å². The normalized spacial score (nSPS) is 18.6. The van der Waals surface area contributed by atoms with E-state index in [9.17, 15) is 9.18 Å².